The molecule has 7 rings (SSSR count). The predicted octanol–water partition coefficient (Wildman–Crippen LogP) is 10.3. The van der Waals surface area contributed by atoms with E-state index >= 15 is 0 Å². The van der Waals surface area contributed by atoms with Crippen molar-refractivity contribution >= 4 is 43.1 Å². The third-order valence-corrected chi connectivity index (χ3v) is 7.52. The Bertz CT molecular complexity index is 1780. The second-order valence-corrected chi connectivity index (χ2v) is 9.88. The minimum absolute atomic E-state index is 1.26. The van der Waals surface area contributed by atoms with E-state index in [2.05, 4.69) is 135 Å². The Hall–Kier alpha value is -4.42. The molecular weight excluding hydrogens is 432 g/mol. The maximum atomic E-state index is 2.36. The van der Waals surface area contributed by atoms with Gasteiger partial charge in [-0.15, -0.1) is 0 Å². The molecule has 0 unspecified atom stereocenters. The van der Waals surface area contributed by atoms with Crippen LogP contribution in [0.1, 0.15) is 11.1 Å². The maximum Gasteiger partial charge on any atom is -0.000764 e. The van der Waals surface area contributed by atoms with Gasteiger partial charge in [-0.2, -0.15) is 0 Å². The van der Waals surface area contributed by atoms with Gasteiger partial charge in [0, 0.05) is 0 Å². The van der Waals surface area contributed by atoms with Crippen molar-refractivity contribution in [3.8, 4) is 22.3 Å². The monoisotopic (exact) mass is 458 g/mol. The Labute approximate surface area is 211 Å². The molecule has 0 aliphatic carbocycles. The lowest BCUT2D eigenvalue weighted by molar-refractivity contribution is 1.50. The van der Waals surface area contributed by atoms with E-state index in [1.54, 1.807) is 0 Å². The fourth-order valence-electron chi connectivity index (χ4n) is 5.98. The van der Waals surface area contributed by atoms with Crippen molar-refractivity contribution in [3.05, 3.63) is 132 Å². The second kappa shape index (κ2) is 8.07. The van der Waals surface area contributed by atoms with E-state index in [0.29, 0.717) is 0 Å². The molecule has 0 saturated heterocycles. The van der Waals surface area contributed by atoms with Gasteiger partial charge in [0.2, 0.25) is 0 Å². The zero-order valence-corrected chi connectivity index (χ0v) is 20.5. The summed E-state index contributed by atoms with van der Waals surface area (Å²) in [4.78, 5) is 0. The first-order valence-electron chi connectivity index (χ1n) is 12.6. The summed E-state index contributed by atoms with van der Waals surface area (Å²) in [5.41, 5.74) is 7.72. The summed E-state index contributed by atoms with van der Waals surface area (Å²) in [5, 5.41) is 10.5. The van der Waals surface area contributed by atoms with Crippen LogP contribution < -0.4 is 0 Å². The first kappa shape index (κ1) is 20.9. The van der Waals surface area contributed by atoms with Crippen LogP contribution in [0.25, 0.3) is 65.3 Å². The number of hydrogen-bond donors (Lipinski definition) is 0. The van der Waals surface area contributed by atoms with Crippen LogP contribution in [0.2, 0.25) is 0 Å². The average Bonchev–Trinajstić information content (AvgIpc) is 2.92. The molecule has 0 atom stereocenters. The summed E-state index contributed by atoms with van der Waals surface area (Å²) in [6, 6.07) is 44.7. The van der Waals surface area contributed by atoms with Crippen LogP contribution >= 0.6 is 0 Å². The zero-order valence-electron chi connectivity index (χ0n) is 20.5. The molecule has 0 spiro atoms. The second-order valence-electron chi connectivity index (χ2n) is 9.88. The molecule has 0 aliphatic rings. The first-order chi connectivity index (χ1) is 17.7. The third-order valence-electron chi connectivity index (χ3n) is 7.52. The van der Waals surface area contributed by atoms with Gasteiger partial charge >= 0.3 is 0 Å². The topological polar surface area (TPSA) is 0 Å². The normalized spacial score (nSPS) is 11.6. The van der Waals surface area contributed by atoms with Gasteiger partial charge in [0.15, 0.2) is 0 Å². The van der Waals surface area contributed by atoms with Crippen molar-refractivity contribution < 1.29 is 0 Å². The van der Waals surface area contributed by atoms with E-state index in [4.69, 9.17) is 0 Å². The molecule has 0 radical (unpaired) electrons. The molecule has 0 bridgehead atoms. The SMILES string of the molecule is Cc1ccc2c(c1)c1cc(C)ccc1c1c(-c3ccccc3)c3ccccc3c(-c3ccccc3)c21. The van der Waals surface area contributed by atoms with Crippen LogP contribution in [0.5, 0.6) is 0 Å². The highest BCUT2D eigenvalue weighted by molar-refractivity contribution is 6.36. The molecule has 0 nitrogen and oxygen atoms in total. The molecule has 0 heteroatoms. The quantitative estimate of drug-likeness (QED) is 0.178. The van der Waals surface area contributed by atoms with E-state index in [-0.39, 0.29) is 0 Å². The molecule has 36 heavy (non-hydrogen) atoms. The number of fused-ring (bicyclic) bond motifs is 7. The van der Waals surface area contributed by atoms with Crippen molar-refractivity contribution in [1.82, 2.24) is 0 Å². The number of benzene rings is 7. The highest BCUT2D eigenvalue weighted by atomic mass is 14.2. The Balaban J connectivity index is 1.89. The highest BCUT2D eigenvalue weighted by Crippen LogP contribution is 2.49. The minimum atomic E-state index is 1.26. The van der Waals surface area contributed by atoms with Crippen molar-refractivity contribution in [2.75, 3.05) is 0 Å². The third kappa shape index (κ3) is 3.08. The molecule has 0 heterocycles. The van der Waals surface area contributed by atoms with Gasteiger partial charge < -0.3 is 0 Å². The predicted molar refractivity (Wildman–Crippen MR) is 157 cm³/mol. The van der Waals surface area contributed by atoms with Crippen molar-refractivity contribution in [2.24, 2.45) is 0 Å². The van der Waals surface area contributed by atoms with Gasteiger partial charge in [0.25, 0.3) is 0 Å². The van der Waals surface area contributed by atoms with Crippen LogP contribution in [0.3, 0.4) is 0 Å². The summed E-state index contributed by atoms with van der Waals surface area (Å²) >= 11 is 0. The summed E-state index contributed by atoms with van der Waals surface area (Å²) in [6.07, 6.45) is 0. The van der Waals surface area contributed by atoms with Gasteiger partial charge in [0.05, 0.1) is 0 Å². The van der Waals surface area contributed by atoms with E-state index in [1.165, 1.54) is 76.5 Å². The van der Waals surface area contributed by atoms with E-state index in [0.717, 1.165) is 0 Å². The van der Waals surface area contributed by atoms with Crippen LogP contribution in [0, 0.1) is 13.8 Å². The van der Waals surface area contributed by atoms with Gasteiger partial charge in [-0.05, 0) is 79.2 Å². The van der Waals surface area contributed by atoms with Gasteiger partial charge in [-0.25, -0.2) is 0 Å². The van der Waals surface area contributed by atoms with Crippen LogP contribution in [-0.4, -0.2) is 0 Å². The molecular formula is C36H26. The van der Waals surface area contributed by atoms with Crippen LogP contribution in [0.4, 0.5) is 0 Å². The fourth-order valence-corrected chi connectivity index (χ4v) is 5.98. The summed E-state index contributed by atoms with van der Waals surface area (Å²) in [7, 11) is 0. The summed E-state index contributed by atoms with van der Waals surface area (Å²) in [6.45, 7) is 4.39. The molecule has 7 aromatic carbocycles. The lowest BCUT2D eigenvalue weighted by Crippen LogP contribution is -1.94. The Morgan fingerprint density at radius 2 is 0.722 bits per heavy atom. The smallest absolute Gasteiger partial charge is 0.000764 e. The molecule has 0 aliphatic heterocycles. The van der Waals surface area contributed by atoms with Crippen molar-refractivity contribution in [3.63, 3.8) is 0 Å². The largest absolute Gasteiger partial charge is 0.0622 e. The van der Waals surface area contributed by atoms with E-state index in [1.807, 2.05) is 0 Å². The minimum Gasteiger partial charge on any atom is -0.0622 e. The number of rotatable bonds is 2. The molecule has 0 aromatic heterocycles. The fraction of sp³-hybridized carbons (Fsp3) is 0.0556. The number of hydrogen-bond acceptors (Lipinski definition) is 0. The molecule has 0 N–H and O–H groups in total. The molecule has 0 saturated carbocycles. The van der Waals surface area contributed by atoms with Crippen molar-refractivity contribution in [1.29, 1.82) is 0 Å². The Kier molecular flexibility index (Phi) is 4.69. The van der Waals surface area contributed by atoms with Gasteiger partial charge in [-0.3, -0.25) is 0 Å². The summed E-state index contributed by atoms with van der Waals surface area (Å²) < 4.78 is 0. The maximum absolute atomic E-state index is 2.36. The Morgan fingerprint density at radius 3 is 1.14 bits per heavy atom. The molecule has 0 fully saturated rings. The van der Waals surface area contributed by atoms with E-state index in [9.17, 15) is 0 Å². The molecule has 170 valence electrons. The number of aryl methyl sites for hydroxylation is 2. The zero-order chi connectivity index (χ0) is 24.2. The Morgan fingerprint density at radius 1 is 0.333 bits per heavy atom. The lowest BCUT2D eigenvalue weighted by atomic mass is 9.81. The van der Waals surface area contributed by atoms with Crippen LogP contribution in [0.15, 0.2) is 121 Å². The highest BCUT2D eigenvalue weighted by Gasteiger charge is 2.21. The van der Waals surface area contributed by atoms with Crippen molar-refractivity contribution in [2.45, 2.75) is 13.8 Å². The molecule has 0 amide bonds. The van der Waals surface area contributed by atoms with E-state index < -0.39 is 0 Å². The van der Waals surface area contributed by atoms with Crippen LogP contribution in [-0.2, 0) is 0 Å². The average molecular weight is 459 g/mol. The first-order valence-corrected chi connectivity index (χ1v) is 12.6. The lowest BCUT2D eigenvalue weighted by Gasteiger charge is -2.22. The summed E-state index contributed by atoms with van der Waals surface area (Å²) in [5.74, 6) is 0. The van der Waals surface area contributed by atoms with Gasteiger partial charge in [-0.1, -0.05) is 132 Å². The standard InChI is InChI=1S/C36H26/c1-23-17-19-29-31(21-23)32-22-24(2)18-20-30(32)36-34(26-13-7-4-8-14-26)28-16-10-9-15-27(28)33(35(29)36)25-11-5-3-6-12-25/h3-22H,1-2H3. The van der Waals surface area contributed by atoms with Gasteiger partial charge in [0.1, 0.15) is 0 Å². The molecule has 7 aromatic rings.